The van der Waals surface area contributed by atoms with Gasteiger partial charge in [0.1, 0.15) is 5.75 Å². The summed E-state index contributed by atoms with van der Waals surface area (Å²) in [6.07, 6.45) is 1.61. The summed E-state index contributed by atoms with van der Waals surface area (Å²) in [4.78, 5) is 3.07. The smallest absolute Gasteiger partial charge is 0.451 e. The topological polar surface area (TPSA) is 76.5 Å². The van der Waals surface area contributed by atoms with Crippen molar-refractivity contribution < 1.29 is 15.2 Å². The largest absolute Gasteiger partial charge is 0.506 e. The third kappa shape index (κ3) is 2.53. The van der Waals surface area contributed by atoms with Crippen LogP contribution in [0.2, 0.25) is 6.32 Å². The summed E-state index contributed by atoms with van der Waals surface area (Å²) in [6, 6.07) is 0. The average Bonchev–Trinajstić information content (AvgIpc) is 2.33. The lowest BCUT2D eigenvalue weighted by atomic mass is 9.83. The Morgan fingerprint density at radius 2 is 1.93 bits per heavy atom. The van der Waals surface area contributed by atoms with Crippen molar-refractivity contribution in [2.45, 2.75) is 33.0 Å². The van der Waals surface area contributed by atoms with Gasteiger partial charge in [-0.2, -0.15) is 0 Å². The number of hydrogen-bond donors (Lipinski definition) is 4. The Morgan fingerprint density at radius 1 is 1.29 bits per heavy atom. The minimum Gasteiger partial charge on any atom is -0.506 e. The third-order valence-electron chi connectivity index (χ3n) is 2.43. The fraction of sp³-hybridized carbons (Fsp3) is 0.556. The number of aryl methyl sites for hydroxylation is 2. The molecule has 14 heavy (non-hydrogen) atoms. The van der Waals surface area contributed by atoms with Crippen molar-refractivity contribution in [3.8, 4) is 5.75 Å². The predicted molar refractivity (Wildman–Crippen MR) is 55.3 cm³/mol. The van der Waals surface area contributed by atoms with Gasteiger partial charge in [0, 0.05) is 11.3 Å². The van der Waals surface area contributed by atoms with Crippen molar-refractivity contribution in [3.05, 3.63) is 17.0 Å². The number of aromatic nitrogens is 1. The first-order valence-corrected chi connectivity index (χ1v) is 4.75. The van der Waals surface area contributed by atoms with E-state index in [1.807, 2.05) is 13.8 Å². The zero-order valence-electron chi connectivity index (χ0n) is 8.54. The molecule has 1 rings (SSSR count). The van der Waals surface area contributed by atoms with Crippen molar-refractivity contribution in [1.29, 1.82) is 0 Å². The zero-order valence-corrected chi connectivity index (χ0v) is 8.54. The second-order valence-corrected chi connectivity index (χ2v) is 3.58. The van der Waals surface area contributed by atoms with Crippen molar-refractivity contribution in [2.75, 3.05) is 0 Å². The van der Waals surface area contributed by atoms with E-state index in [9.17, 15) is 5.11 Å². The number of aromatic hydroxyl groups is 1. The van der Waals surface area contributed by atoms with Gasteiger partial charge in [0.15, 0.2) is 0 Å². The standard InChI is InChI=1S/C9H16BNO3/c1-6-7(2)11-8(9(6)12)4-3-5-10(13)14/h11-14H,3-5H2,1-2H3. The first kappa shape index (κ1) is 11.1. The van der Waals surface area contributed by atoms with Crippen LogP contribution in [0.25, 0.3) is 0 Å². The fourth-order valence-corrected chi connectivity index (χ4v) is 1.43. The molecule has 78 valence electrons. The first-order valence-electron chi connectivity index (χ1n) is 4.75. The molecule has 0 spiro atoms. The molecule has 1 aromatic rings. The van der Waals surface area contributed by atoms with Gasteiger partial charge >= 0.3 is 7.12 Å². The maximum absolute atomic E-state index is 9.63. The van der Waals surface area contributed by atoms with Crippen LogP contribution in [0.15, 0.2) is 0 Å². The van der Waals surface area contributed by atoms with Crippen molar-refractivity contribution in [2.24, 2.45) is 0 Å². The van der Waals surface area contributed by atoms with Gasteiger partial charge in [0.25, 0.3) is 0 Å². The molecule has 1 aromatic heterocycles. The maximum atomic E-state index is 9.63. The SMILES string of the molecule is Cc1[nH]c(CCCB(O)O)c(O)c1C. The molecule has 0 aliphatic carbocycles. The second-order valence-electron chi connectivity index (χ2n) is 3.58. The van der Waals surface area contributed by atoms with Crippen molar-refractivity contribution >= 4 is 7.12 Å². The van der Waals surface area contributed by atoms with E-state index >= 15 is 0 Å². The van der Waals surface area contributed by atoms with Gasteiger partial charge < -0.3 is 20.1 Å². The highest BCUT2D eigenvalue weighted by Crippen LogP contribution is 2.25. The van der Waals surface area contributed by atoms with Crippen LogP contribution in [0.1, 0.15) is 23.4 Å². The Hall–Kier alpha value is -0.935. The minimum atomic E-state index is -1.26. The molecule has 0 unspecified atom stereocenters. The average molecular weight is 197 g/mol. The summed E-state index contributed by atoms with van der Waals surface area (Å²) in [5, 5.41) is 26.9. The van der Waals surface area contributed by atoms with Gasteiger partial charge in [-0.3, -0.25) is 0 Å². The summed E-state index contributed by atoms with van der Waals surface area (Å²) in [7, 11) is -1.26. The summed E-state index contributed by atoms with van der Waals surface area (Å²) in [6.45, 7) is 3.75. The van der Waals surface area contributed by atoms with E-state index in [1.54, 1.807) is 0 Å². The van der Waals surface area contributed by atoms with Crippen molar-refractivity contribution in [3.63, 3.8) is 0 Å². The summed E-state index contributed by atoms with van der Waals surface area (Å²) >= 11 is 0. The first-order chi connectivity index (χ1) is 6.52. The Morgan fingerprint density at radius 3 is 2.36 bits per heavy atom. The Balaban J connectivity index is 2.55. The minimum absolute atomic E-state index is 0.301. The summed E-state index contributed by atoms with van der Waals surface area (Å²) in [5.41, 5.74) is 2.60. The number of aromatic amines is 1. The van der Waals surface area contributed by atoms with Crippen LogP contribution in [0.5, 0.6) is 5.75 Å². The van der Waals surface area contributed by atoms with E-state index in [1.165, 1.54) is 0 Å². The Kier molecular flexibility index (Phi) is 3.60. The molecule has 0 saturated carbocycles. The highest BCUT2D eigenvalue weighted by molar-refractivity contribution is 6.40. The van der Waals surface area contributed by atoms with Gasteiger partial charge in [0.05, 0.1) is 5.69 Å². The molecule has 0 aliphatic rings. The summed E-state index contributed by atoms with van der Waals surface area (Å²) in [5.74, 6) is 0.301. The van der Waals surface area contributed by atoms with Gasteiger partial charge in [-0.1, -0.05) is 0 Å². The molecule has 0 aliphatic heterocycles. The third-order valence-corrected chi connectivity index (χ3v) is 2.43. The van der Waals surface area contributed by atoms with E-state index in [-0.39, 0.29) is 0 Å². The molecule has 0 aromatic carbocycles. The highest BCUT2D eigenvalue weighted by Gasteiger charge is 2.11. The molecule has 5 heteroatoms. The van der Waals surface area contributed by atoms with Crippen LogP contribution in [0.3, 0.4) is 0 Å². The van der Waals surface area contributed by atoms with Gasteiger partial charge in [-0.15, -0.1) is 0 Å². The van der Waals surface area contributed by atoms with Crippen LogP contribution in [-0.4, -0.2) is 27.3 Å². The maximum Gasteiger partial charge on any atom is 0.451 e. The zero-order chi connectivity index (χ0) is 10.7. The van der Waals surface area contributed by atoms with Crippen LogP contribution in [-0.2, 0) is 6.42 Å². The van der Waals surface area contributed by atoms with E-state index in [2.05, 4.69) is 4.98 Å². The van der Waals surface area contributed by atoms with E-state index in [0.29, 0.717) is 24.9 Å². The lowest BCUT2D eigenvalue weighted by Gasteiger charge is -1.99. The Bertz CT molecular complexity index is 309. The van der Waals surface area contributed by atoms with Gasteiger partial charge in [-0.05, 0) is 33.0 Å². The molecular weight excluding hydrogens is 181 g/mol. The molecular formula is C9H16BNO3. The van der Waals surface area contributed by atoms with Gasteiger partial charge in [0.2, 0.25) is 0 Å². The lowest BCUT2D eigenvalue weighted by molar-refractivity contribution is 0.402. The number of hydrogen-bond acceptors (Lipinski definition) is 3. The van der Waals surface area contributed by atoms with E-state index < -0.39 is 7.12 Å². The second kappa shape index (κ2) is 4.53. The van der Waals surface area contributed by atoms with Crippen LogP contribution < -0.4 is 0 Å². The molecule has 0 saturated heterocycles. The monoisotopic (exact) mass is 197 g/mol. The molecule has 0 amide bonds. The number of rotatable bonds is 4. The van der Waals surface area contributed by atoms with E-state index in [4.69, 9.17) is 10.0 Å². The van der Waals surface area contributed by atoms with Crippen molar-refractivity contribution in [1.82, 2.24) is 4.98 Å². The van der Waals surface area contributed by atoms with Gasteiger partial charge in [-0.25, -0.2) is 0 Å². The quantitative estimate of drug-likeness (QED) is 0.537. The summed E-state index contributed by atoms with van der Waals surface area (Å²) < 4.78 is 0. The molecule has 0 radical (unpaired) electrons. The molecule has 0 fully saturated rings. The van der Waals surface area contributed by atoms with Crippen LogP contribution in [0.4, 0.5) is 0 Å². The molecule has 1 heterocycles. The fourth-order valence-electron chi connectivity index (χ4n) is 1.43. The molecule has 4 nitrogen and oxygen atoms in total. The number of H-pyrrole nitrogens is 1. The molecule has 4 N–H and O–H groups in total. The normalized spacial score (nSPS) is 10.6. The van der Waals surface area contributed by atoms with Crippen LogP contribution >= 0.6 is 0 Å². The highest BCUT2D eigenvalue weighted by atomic mass is 16.4. The lowest BCUT2D eigenvalue weighted by Crippen LogP contribution is -2.10. The molecule has 0 bridgehead atoms. The molecule has 0 atom stereocenters. The Labute approximate surface area is 83.7 Å². The number of nitrogens with one attached hydrogen (secondary N) is 1. The van der Waals surface area contributed by atoms with Crippen LogP contribution in [0, 0.1) is 13.8 Å². The van der Waals surface area contributed by atoms with E-state index in [0.717, 1.165) is 17.0 Å². The predicted octanol–water partition coefficient (Wildman–Crippen LogP) is 0.743.